The molecule has 1 aromatic carbocycles. The molecule has 0 atom stereocenters. The van der Waals surface area contributed by atoms with Crippen LogP contribution >= 0.6 is 11.6 Å². The van der Waals surface area contributed by atoms with Crippen LogP contribution in [0.2, 0.25) is 5.15 Å². The Balaban J connectivity index is 0.00000145. The van der Waals surface area contributed by atoms with Gasteiger partial charge in [-0.3, -0.25) is 0 Å². The molecule has 0 fully saturated rings. The molecule has 3 aromatic rings. The minimum absolute atomic E-state index is 0.0300. The van der Waals surface area contributed by atoms with Crippen LogP contribution in [0.4, 0.5) is 11.6 Å². The maximum absolute atomic E-state index is 12.5. The lowest BCUT2D eigenvalue weighted by Gasteiger charge is -2.07. The molecule has 0 saturated heterocycles. The summed E-state index contributed by atoms with van der Waals surface area (Å²) >= 11 is 5.84. The summed E-state index contributed by atoms with van der Waals surface area (Å²) < 4.78 is 9.78. The van der Waals surface area contributed by atoms with Crippen molar-refractivity contribution in [2.45, 2.75) is 53.8 Å². The molecule has 0 radical (unpaired) electrons. The lowest BCUT2D eigenvalue weighted by Crippen LogP contribution is -2.38. The Morgan fingerprint density at radius 1 is 1.17 bits per heavy atom. The number of nitrogen functional groups attached to an aromatic ring is 2. The molecule has 156 valence electrons. The molecule has 0 aliphatic carbocycles. The van der Waals surface area contributed by atoms with Crippen LogP contribution in [0.3, 0.4) is 0 Å². The molecule has 0 spiro atoms. The van der Waals surface area contributed by atoms with E-state index in [2.05, 4.69) is 45.1 Å². The fourth-order valence-corrected chi connectivity index (χ4v) is 3.24. The first-order valence-corrected chi connectivity index (χ1v) is 10.1. The summed E-state index contributed by atoms with van der Waals surface area (Å²) in [6.45, 7) is 9.80. The number of rotatable bonds is 6. The number of esters is 1. The topological polar surface area (TPSA) is 113 Å². The number of anilines is 2. The molecule has 0 amide bonds. The Labute approximate surface area is 175 Å². The normalized spacial score (nSPS) is 10.5. The van der Waals surface area contributed by atoms with Gasteiger partial charge in [-0.2, -0.15) is 0 Å². The molecule has 0 bridgehead atoms. The molecule has 2 aromatic heterocycles. The van der Waals surface area contributed by atoms with Gasteiger partial charge in [0.25, 0.3) is 5.82 Å². The van der Waals surface area contributed by atoms with Crippen LogP contribution < -0.4 is 16.0 Å². The van der Waals surface area contributed by atoms with E-state index in [4.69, 9.17) is 27.8 Å². The summed E-state index contributed by atoms with van der Waals surface area (Å²) in [4.78, 5) is 20.2. The van der Waals surface area contributed by atoms with Gasteiger partial charge in [-0.05, 0) is 25.5 Å². The zero-order valence-electron chi connectivity index (χ0n) is 17.3. The van der Waals surface area contributed by atoms with Crippen molar-refractivity contribution in [2.24, 2.45) is 0 Å². The van der Waals surface area contributed by atoms with Gasteiger partial charge in [-0.25, -0.2) is 23.9 Å². The van der Waals surface area contributed by atoms with Crippen molar-refractivity contribution in [2.75, 3.05) is 11.5 Å². The van der Waals surface area contributed by atoms with Crippen molar-refractivity contribution < 1.29 is 14.1 Å². The van der Waals surface area contributed by atoms with Gasteiger partial charge in [0.05, 0.1) is 13.1 Å². The van der Waals surface area contributed by atoms with Crippen LogP contribution in [-0.2, 0) is 24.4 Å². The zero-order chi connectivity index (χ0) is 21.6. The Bertz CT molecular complexity index is 1000. The number of aromatic nitrogens is 4. The van der Waals surface area contributed by atoms with Gasteiger partial charge >= 0.3 is 5.97 Å². The molecule has 29 heavy (non-hydrogen) atoms. The summed E-state index contributed by atoms with van der Waals surface area (Å²) in [5.41, 5.74) is 13.3. The summed E-state index contributed by atoms with van der Waals surface area (Å²) in [5.74, 6) is 0.0526. The first-order chi connectivity index (χ1) is 14.0. The molecule has 2 heterocycles. The molecule has 3 rings (SSSR count). The highest BCUT2D eigenvalue weighted by molar-refractivity contribution is 6.31. The third-order valence-electron chi connectivity index (χ3n) is 4.28. The molecule has 0 saturated carbocycles. The molecule has 0 unspecified atom stereocenters. The minimum atomic E-state index is -0.696. The van der Waals surface area contributed by atoms with Crippen molar-refractivity contribution in [3.05, 3.63) is 40.9 Å². The van der Waals surface area contributed by atoms with E-state index in [1.165, 1.54) is 0 Å². The lowest BCUT2D eigenvalue weighted by molar-refractivity contribution is -0.681. The van der Waals surface area contributed by atoms with Crippen LogP contribution in [0, 0.1) is 0 Å². The third kappa shape index (κ3) is 4.59. The van der Waals surface area contributed by atoms with Gasteiger partial charge in [0, 0.05) is 0 Å². The Morgan fingerprint density at radius 2 is 1.86 bits per heavy atom. The number of hydrogen-bond acceptors (Lipinski definition) is 6. The molecule has 0 aliphatic rings. The van der Waals surface area contributed by atoms with Crippen LogP contribution in [0.1, 0.15) is 50.4 Å². The second-order valence-electron chi connectivity index (χ2n) is 6.01. The monoisotopic (exact) mass is 419 g/mol. The standard InChI is InChI=1S/C18H21ClN6O2.C2H6/c1-3-9-25-12-8-6-5-7-11(12)24(4-2)13(25)10-27-18(26)14-16(20)23-17(21)15(19)22-14;1-2/h5-8H,3-4,9-10H2,1-2H3,(H3-,20,21,23,26);1-2H3/p+1. The number of nitrogens with zero attached hydrogens (tertiary/aromatic N) is 4. The lowest BCUT2D eigenvalue weighted by atomic mass is 10.3. The molecule has 8 nitrogen and oxygen atoms in total. The van der Waals surface area contributed by atoms with Gasteiger partial charge < -0.3 is 16.2 Å². The largest absolute Gasteiger partial charge is 0.448 e. The first kappa shape index (κ1) is 22.4. The van der Waals surface area contributed by atoms with E-state index in [0.29, 0.717) is 0 Å². The van der Waals surface area contributed by atoms with Gasteiger partial charge in [0.2, 0.25) is 0 Å². The average Bonchev–Trinajstić information content (AvgIpc) is 3.03. The highest BCUT2D eigenvalue weighted by atomic mass is 35.5. The molecule has 0 aliphatic heterocycles. The molecular weight excluding hydrogens is 392 g/mol. The van der Waals surface area contributed by atoms with Crippen molar-refractivity contribution in [1.29, 1.82) is 0 Å². The number of aryl methyl sites for hydroxylation is 2. The van der Waals surface area contributed by atoms with Crippen molar-refractivity contribution in [3.63, 3.8) is 0 Å². The predicted octanol–water partition coefficient (Wildman–Crippen LogP) is 3.35. The number of hydrogen-bond donors (Lipinski definition) is 2. The van der Waals surface area contributed by atoms with Gasteiger partial charge in [-0.15, -0.1) is 0 Å². The maximum Gasteiger partial charge on any atom is 0.361 e. The third-order valence-corrected chi connectivity index (χ3v) is 4.56. The zero-order valence-corrected chi connectivity index (χ0v) is 18.0. The Kier molecular flexibility index (Phi) is 7.78. The van der Waals surface area contributed by atoms with Gasteiger partial charge in [0.1, 0.15) is 0 Å². The van der Waals surface area contributed by atoms with Crippen LogP contribution in [0.5, 0.6) is 0 Å². The van der Waals surface area contributed by atoms with Crippen molar-refractivity contribution in [3.8, 4) is 0 Å². The van der Waals surface area contributed by atoms with Crippen molar-refractivity contribution >= 4 is 40.2 Å². The van der Waals surface area contributed by atoms with Gasteiger partial charge in [-0.1, -0.05) is 44.5 Å². The Hall–Kier alpha value is -2.87. The number of para-hydroxylation sites is 2. The highest BCUT2D eigenvalue weighted by Gasteiger charge is 2.26. The molecule has 4 N–H and O–H groups in total. The van der Waals surface area contributed by atoms with Crippen molar-refractivity contribution in [1.82, 2.24) is 14.5 Å². The maximum atomic E-state index is 12.5. The number of carbonyl (C=O) groups is 1. The summed E-state index contributed by atoms with van der Waals surface area (Å²) in [5, 5.41) is -0.0835. The highest BCUT2D eigenvalue weighted by Crippen LogP contribution is 2.19. The molecular formula is C20H28ClN6O2+. The minimum Gasteiger partial charge on any atom is -0.448 e. The number of halogens is 1. The summed E-state index contributed by atoms with van der Waals surface area (Å²) in [7, 11) is 0. The van der Waals surface area contributed by atoms with Gasteiger partial charge in [0.15, 0.2) is 40.1 Å². The van der Waals surface area contributed by atoms with E-state index in [0.717, 1.165) is 36.4 Å². The quantitative estimate of drug-likeness (QED) is 0.468. The number of fused-ring (bicyclic) bond motifs is 1. The Morgan fingerprint density at radius 3 is 2.52 bits per heavy atom. The second kappa shape index (κ2) is 10.1. The second-order valence-corrected chi connectivity index (χ2v) is 6.37. The van der Waals surface area contributed by atoms with Crippen LogP contribution in [0.15, 0.2) is 24.3 Å². The summed E-state index contributed by atoms with van der Waals surface area (Å²) in [6, 6.07) is 8.11. The molecule has 9 heteroatoms. The number of benzene rings is 1. The number of nitrogens with two attached hydrogens (primary N) is 2. The average molecular weight is 420 g/mol. The van der Waals surface area contributed by atoms with E-state index in [1.807, 2.05) is 26.0 Å². The van der Waals surface area contributed by atoms with E-state index in [1.54, 1.807) is 0 Å². The SMILES string of the molecule is CC.CCC[n+]1c(COC(=O)c2nc(Cl)c(N)nc2N)n(CC)c2ccccc21. The predicted molar refractivity (Wildman–Crippen MR) is 114 cm³/mol. The first-order valence-electron chi connectivity index (χ1n) is 9.73. The fourth-order valence-electron chi connectivity index (χ4n) is 3.12. The van der Waals surface area contributed by atoms with Crippen LogP contribution in [-0.4, -0.2) is 20.5 Å². The number of ether oxygens (including phenoxy) is 1. The van der Waals surface area contributed by atoms with Crippen LogP contribution in [0.25, 0.3) is 11.0 Å². The smallest absolute Gasteiger partial charge is 0.361 e. The fraction of sp³-hybridized carbons (Fsp3) is 0.400. The summed E-state index contributed by atoms with van der Waals surface area (Å²) in [6.07, 6.45) is 0.954. The van der Waals surface area contributed by atoms with E-state index >= 15 is 0 Å². The number of imidazole rings is 1. The van der Waals surface area contributed by atoms with E-state index in [-0.39, 0.29) is 29.1 Å². The number of carbonyl (C=O) groups excluding carboxylic acids is 1. The van der Waals surface area contributed by atoms with E-state index in [9.17, 15) is 4.79 Å². The van der Waals surface area contributed by atoms with E-state index < -0.39 is 5.97 Å².